The Kier molecular flexibility index (Phi) is 14.0. The van der Waals surface area contributed by atoms with Crippen molar-refractivity contribution in [3.63, 3.8) is 0 Å². The van der Waals surface area contributed by atoms with E-state index in [4.69, 9.17) is 23.7 Å². The highest BCUT2D eigenvalue weighted by molar-refractivity contribution is 5.82. The van der Waals surface area contributed by atoms with Crippen molar-refractivity contribution < 1.29 is 53.1 Å². The van der Waals surface area contributed by atoms with Crippen LogP contribution in [0.25, 0.3) is 0 Å². The van der Waals surface area contributed by atoms with Crippen molar-refractivity contribution in [1.82, 2.24) is 10.6 Å². The fourth-order valence-corrected chi connectivity index (χ4v) is 13.6. The summed E-state index contributed by atoms with van der Waals surface area (Å²) in [6.45, 7) is 33.1. The zero-order valence-corrected chi connectivity index (χ0v) is 42.0. The molecule has 0 aromatic carbocycles. The van der Waals surface area contributed by atoms with Crippen LogP contribution in [0, 0.1) is 50.7 Å². The molecule has 0 aromatic heterocycles. The Morgan fingerprint density at radius 1 is 0.730 bits per heavy atom. The maximum atomic E-state index is 13.8. The normalized spacial score (nSPS) is 37.3. The number of amides is 2. The Hall–Kier alpha value is -2.64. The zero-order valence-electron chi connectivity index (χ0n) is 42.0. The maximum absolute atomic E-state index is 13.8. The number of fused-ring (bicyclic) bond motifs is 2. The molecule has 63 heavy (non-hydrogen) atoms. The van der Waals surface area contributed by atoms with Gasteiger partial charge in [-0.25, -0.2) is 19.2 Å². The van der Waals surface area contributed by atoms with Gasteiger partial charge in [0.2, 0.25) is 0 Å². The van der Waals surface area contributed by atoms with Gasteiger partial charge in [0.1, 0.15) is 29.4 Å². The number of esters is 2. The third-order valence-corrected chi connectivity index (χ3v) is 16.5. The topological polar surface area (TPSA) is 179 Å². The van der Waals surface area contributed by atoms with E-state index in [1.165, 1.54) is 0 Å². The highest BCUT2D eigenvalue weighted by Gasteiger charge is 2.80. The van der Waals surface area contributed by atoms with Gasteiger partial charge in [0.15, 0.2) is 0 Å². The van der Waals surface area contributed by atoms with Gasteiger partial charge in [-0.05, 0) is 166 Å². The number of ether oxygens (including phenoxy) is 5. The van der Waals surface area contributed by atoms with Crippen molar-refractivity contribution in [2.75, 3.05) is 6.61 Å². The number of aliphatic hydroxyl groups is 2. The molecule has 4 saturated carbocycles. The quantitative estimate of drug-likeness (QED) is 0.109. The molecule has 12 unspecified atom stereocenters. The van der Waals surface area contributed by atoms with Crippen LogP contribution in [0.2, 0.25) is 0 Å². The second kappa shape index (κ2) is 17.2. The van der Waals surface area contributed by atoms with Gasteiger partial charge < -0.3 is 44.5 Å². The van der Waals surface area contributed by atoms with Crippen LogP contribution in [0.3, 0.4) is 0 Å². The summed E-state index contributed by atoms with van der Waals surface area (Å²) in [4.78, 5) is 53.1. The minimum absolute atomic E-state index is 0.0494. The van der Waals surface area contributed by atoms with Crippen LogP contribution in [-0.2, 0) is 33.3 Å². The van der Waals surface area contributed by atoms with Gasteiger partial charge in [0, 0.05) is 11.3 Å². The van der Waals surface area contributed by atoms with E-state index in [1.54, 1.807) is 55.4 Å². The van der Waals surface area contributed by atoms with E-state index >= 15 is 0 Å². The average molecular weight is 891 g/mol. The van der Waals surface area contributed by atoms with E-state index in [-0.39, 0.29) is 69.6 Å². The Balaban J connectivity index is 1.41. The van der Waals surface area contributed by atoms with Gasteiger partial charge in [0.25, 0.3) is 0 Å². The number of carbonyl (C=O) groups is 4. The largest absolute Gasteiger partial charge is 0.464 e. The molecule has 5 aliphatic rings. The van der Waals surface area contributed by atoms with E-state index < -0.39 is 64.7 Å². The van der Waals surface area contributed by atoms with Crippen molar-refractivity contribution in [3.05, 3.63) is 0 Å². The first-order valence-electron chi connectivity index (χ1n) is 24.0. The Labute approximate surface area is 378 Å². The molecule has 5 fully saturated rings. The minimum Gasteiger partial charge on any atom is -0.464 e. The number of nitrogens with one attached hydrogen (secondary N) is 2. The van der Waals surface area contributed by atoms with Gasteiger partial charge in [-0.3, -0.25) is 0 Å². The molecule has 5 rings (SSSR count). The van der Waals surface area contributed by atoms with Gasteiger partial charge >= 0.3 is 24.1 Å². The Morgan fingerprint density at radius 3 is 1.75 bits per heavy atom. The molecule has 13 heteroatoms. The fourth-order valence-electron chi connectivity index (χ4n) is 13.6. The molecule has 0 radical (unpaired) electrons. The lowest BCUT2D eigenvalue weighted by atomic mass is 9.45. The number of carbonyl (C=O) groups excluding carboxylic acids is 4. The summed E-state index contributed by atoms with van der Waals surface area (Å²) in [6.07, 6.45) is 5.19. The summed E-state index contributed by atoms with van der Waals surface area (Å²) in [5.41, 5.74) is -4.29. The zero-order chi connectivity index (χ0) is 47.7. The Morgan fingerprint density at radius 2 is 1.27 bits per heavy atom. The molecular formula is C50H86N2O11. The van der Waals surface area contributed by atoms with Crippen molar-refractivity contribution in [2.45, 2.75) is 235 Å². The fraction of sp³-hybridized carbons (Fsp3) is 0.920. The third-order valence-electron chi connectivity index (χ3n) is 16.5. The highest BCUT2D eigenvalue weighted by atomic mass is 16.6. The highest BCUT2D eigenvalue weighted by Crippen LogP contribution is 2.85. The smallest absolute Gasteiger partial charge is 0.408 e. The molecule has 1 saturated heterocycles. The summed E-state index contributed by atoms with van der Waals surface area (Å²) in [6, 6.07) is -1.75. The van der Waals surface area contributed by atoms with Crippen LogP contribution >= 0.6 is 0 Å². The van der Waals surface area contributed by atoms with Gasteiger partial charge in [-0.2, -0.15) is 0 Å². The first kappa shape index (κ1) is 51.3. The summed E-state index contributed by atoms with van der Waals surface area (Å²) >= 11 is 0. The lowest BCUT2D eigenvalue weighted by molar-refractivity contribution is -0.188. The molecule has 1 aliphatic heterocycles. The molecule has 13 nitrogen and oxygen atoms in total. The van der Waals surface area contributed by atoms with Crippen LogP contribution in [0.15, 0.2) is 0 Å². The van der Waals surface area contributed by atoms with E-state index in [0.717, 1.165) is 38.5 Å². The average Bonchev–Trinajstić information content (AvgIpc) is 3.34. The van der Waals surface area contributed by atoms with E-state index in [9.17, 15) is 29.4 Å². The van der Waals surface area contributed by atoms with Crippen molar-refractivity contribution >= 4 is 24.1 Å². The van der Waals surface area contributed by atoms with Crippen LogP contribution in [0.1, 0.15) is 182 Å². The Bertz CT molecular complexity index is 1710. The lowest BCUT2D eigenvalue weighted by Crippen LogP contribution is -2.57. The molecular weight excluding hydrogens is 805 g/mol. The third kappa shape index (κ3) is 10.2. The second-order valence-corrected chi connectivity index (χ2v) is 25.2. The van der Waals surface area contributed by atoms with Crippen molar-refractivity contribution in [3.8, 4) is 0 Å². The molecule has 0 aromatic rings. The monoisotopic (exact) mass is 891 g/mol. The summed E-state index contributed by atoms with van der Waals surface area (Å²) in [5.74, 6) is -1.51. The first-order valence-corrected chi connectivity index (χ1v) is 24.0. The second-order valence-electron chi connectivity index (χ2n) is 25.2. The molecule has 2 spiro atoms. The molecule has 4 aliphatic carbocycles. The van der Waals surface area contributed by atoms with E-state index in [1.807, 2.05) is 27.7 Å². The van der Waals surface area contributed by atoms with Crippen molar-refractivity contribution in [2.24, 2.45) is 50.7 Å². The van der Waals surface area contributed by atoms with Crippen LogP contribution in [-0.4, -0.2) is 93.7 Å². The SMILES string of the molecule is CC(C)C(NC(=O)OC(C)(C)C)C(=O)OCCC1C2(C)CC(O)C(C3(C)CCC(C(C)(C)O)O3)C2(C)CCC12CC21CCC(OC(=O)C(NC(=O)OC(C)(C)C)C(C)C)C(C)(C)C1. The summed E-state index contributed by atoms with van der Waals surface area (Å²) in [7, 11) is 0. The minimum atomic E-state index is -1.01. The summed E-state index contributed by atoms with van der Waals surface area (Å²) < 4.78 is 30.2. The first-order chi connectivity index (χ1) is 28.6. The molecule has 1 heterocycles. The van der Waals surface area contributed by atoms with Crippen LogP contribution in [0.4, 0.5) is 9.59 Å². The van der Waals surface area contributed by atoms with Crippen LogP contribution in [0.5, 0.6) is 0 Å². The maximum Gasteiger partial charge on any atom is 0.408 e. The standard InChI is InChI=1S/C50H86N2O11/c1-29(2)35(51-40(56)62-42(5,6)7)38(54)59-25-20-32-47(16)26-31(53)37(48(17)21-18-34(61-48)45(13,14)58)46(47,15)23-24-50(32)28-49(50)22-19-33(44(11,12)27-49)60-39(55)36(30(3)4)52-41(57)63-43(8,9)10/h29-37,53,58H,18-28H2,1-17H3,(H,51,56)(H,52,57). The predicted octanol–water partition coefficient (Wildman–Crippen LogP) is 9.03. The van der Waals surface area contributed by atoms with Gasteiger partial charge in [-0.15, -0.1) is 0 Å². The molecule has 4 N–H and O–H groups in total. The lowest BCUT2D eigenvalue weighted by Gasteiger charge is -2.60. The number of hydrogen-bond donors (Lipinski definition) is 4. The number of hydrogen-bond acceptors (Lipinski definition) is 11. The van der Waals surface area contributed by atoms with E-state index in [2.05, 4.69) is 45.3 Å². The number of rotatable bonds is 12. The van der Waals surface area contributed by atoms with Gasteiger partial charge in [0.05, 0.1) is 30.0 Å². The van der Waals surface area contributed by atoms with E-state index in [0.29, 0.717) is 25.7 Å². The summed E-state index contributed by atoms with van der Waals surface area (Å²) in [5, 5.41) is 28.8. The number of alkyl carbamates (subject to hydrolysis) is 2. The molecule has 362 valence electrons. The molecule has 0 bridgehead atoms. The van der Waals surface area contributed by atoms with Crippen molar-refractivity contribution in [1.29, 1.82) is 0 Å². The van der Waals surface area contributed by atoms with Crippen LogP contribution < -0.4 is 10.6 Å². The number of aliphatic hydroxyl groups excluding tert-OH is 1. The predicted molar refractivity (Wildman–Crippen MR) is 240 cm³/mol. The molecule has 2 amide bonds. The molecule has 12 atom stereocenters. The van der Waals surface area contributed by atoms with Gasteiger partial charge in [-0.1, -0.05) is 55.4 Å².